The smallest absolute Gasteiger partial charge is 0.0715 e. The topological polar surface area (TPSA) is 38.0 Å². The summed E-state index contributed by atoms with van der Waals surface area (Å²) in [6.07, 6.45) is 0. The third kappa shape index (κ3) is 2.30. The average molecular weight is 240 g/mol. The Hall–Kier alpha value is -1.64. The minimum Gasteiger partial charge on any atom is -0.271 e. The molecule has 0 spiro atoms. The van der Waals surface area contributed by atoms with Crippen LogP contribution in [0.25, 0.3) is 0 Å². The van der Waals surface area contributed by atoms with Crippen LogP contribution in [0.2, 0.25) is 0 Å². The van der Waals surface area contributed by atoms with E-state index >= 15 is 0 Å². The Morgan fingerprint density at radius 1 is 0.833 bits per heavy atom. The lowest BCUT2D eigenvalue weighted by Crippen LogP contribution is -2.30. The molecule has 0 fully saturated rings. The Balaban J connectivity index is 2.53. The lowest BCUT2D eigenvalue weighted by atomic mass is 9.91. The lowest BCUT2D eigenvalue weighted by molar-refractivity contribution is 0.630. The zero-order chi connectivity index (χ0) is 13.1. The molecule has 0 aliphatic heterocycles. The van der Waals surface area contributed by atoms with Gasteiger partial charge in [-0.15, -0.1) is 0 Å². The lowest BCUT2D eigenvalue weighted by Gasteiger charge is -2.21. The minimum absolute atomic E-state index is 0.0473. The summed E-state index contributed by atoms with van der Waals surface area (Å²) < 4.78 is 0. The van der Waals surface area contributed by atoms with Gasteiger partial charge in [0.05, 0.1) is 6.04 Å². The normalized spacial score (nSPS) is 12.4. The van der Waals surface area contributed by atoms with Gasteiger partial charge in [-0.3, -0.25) is 5.84 Å². The summed E-state index contributed by atoms with van der Waals surface area (Å²) >= 11 is 0. The third-order valence-corrected chi connectivity index (χ3v) is 3.62. The first-order chi connectivity index (χ1) is 8.65. The molecule has 2 rings (SSSR count). The maximum Gasteiger partial charge on any atom is 0.0715 e. The summed E-state index contributed by atoms with van der Waals surface area (Å²) in [5.74, 6) is 5.77. The largest absolute Gasteiger partial charge is 0.271 e. The number of hydrazine groups is 1. The second-order valence-electron chi connectivity index (χ2n) is 4.75. The highest BCUT2D eigenvalue weighted by atomic mass is 15.2. The molecule has 0 aliphatic carbocycles. The van der Waals surface area contributed by atoms with Crippen LogP contribution < -0.4 is 11.3 Å². The van der Waals surface area contributed by atoms with Crippen LogP contribution in [0.4, 0.5) is 0 Å². The average Bonchev–Trinajstić information content (AvgIpc) is 2.37. The molecule has 0 aliphatic rings. The molecule has 2 heteroatoms. The van der Waals surface area contributed by atoms with Crippen molar-refractivity contribution in [2.45, 2.75) is 26.8 Å². The highest BCUT2D eigenvalue weighted by Gasteiger charge is 2.16. The number of benzene rings is 2. The van der Waals surface area contributed by atoms with Crippen LogP contribution in [0, 0.1) is 20.8 Å². The summed E-state index contributed by atoms with van der Waals surface area (Å²) in [5, 5.41) is 0. The quantitative estimate of drug-likeness (QED) is 0.639. The Morgan fingerprint density at radius 2 is 1.44 bits per heavy atom. The van der Waals surface area contributed by atoms with Gasteiger partial charge in [-0.25, -0.2) is 5.43 Å². The van der Waals surface area contributed by atoms with E-state index in [1.165, 1.54) is 27.8 Å². The van der Waals surface area contributed by atoms with Crippen molar-refractivity contribution in [2.24, 2.45) is 5.84 Å². The Kier molecular flexibility index (Phi) is 3.80. The maximum atomic E-state index is 5.77. The van der Waals surface area contributed by atoms with Gasteiger partial charge < -0.3 is 0 Å². The zero-order valence-corrected chi connectivity index (χ0v) is 11.2. The van der Waals surface area contributed by atoms with Crippen molar-refractivity contribution in [3.05, 3.63) is 70.3 Å². The molecule has 2 aromatic carbocycles. The first-order valence-electron chi connectivity index (χ1n) is 6.23. The van der Waals surface area contributed by atoms with Gasteiger partial charge in [0, 0.05) is 0 Å². The van der Waals surface area contributed by atoms with E-state index in [-0.39, 0.29) is 6.04 Å². The van der Waals surface area contributed by atoms with Crippen LogP contribution in [-0.4, -0.2) is 0 Å². The molecular weight excluding hydrogens is 220 g/mol. The number of nitrogens with one attached hydrogen (secondary N) is 1. The predicted octanol–water partition coefficient (Wildman–Crippen LogP) is 3.16. The van der Waals surface area contributed by atoms with Gasteiger partial charge in [0.1, 0.15) is 0 Å². The van der Waals surface area contributed by atoms with Gasteiger partial charge >= 0.3 is 0 Å². The molecule has 0 radical (unpaired) electrons. The van der Waals surface area contributed by atoms with Crippen LogP contribution in [-0.2, 0) is 0 Å². The number of hydrogen-bond donors (Lipinski definition) is 2. The summed E-state index contributed by atoms with van der Waals surface area (Å²) in [4.78, 5) is 0. The summed E-state index contributed by atoms with van der Waals surface area (Å²) in [5.41, 5.74) is 9.26. The second kappa shape index (κ2) is 5.34. The van der Waals surface area contributed by atoms with E-state index < -0.39 is 0 Å². The summed E-state index contributed by atoms with van der Waals surface area (Å²) in [6, 6.07) is 14.7. The molecule has 0 heterocycles. The van der Waals surface area contributed by atoms with Crippen molar-refractivity contribution in [1.82, 2.24) is 5.43 Å². The van der Waals surface area contributed by atoms with E-state index in [2.05, 4.69) is 68.7 Å². The van der Waals surface area contributed by atoms with E-state index in [0.717, 1.165) is 0 Å². The first kappa shape index (κ1) is 12.8. The molecule has 2 aromatic rings. The molecule has 0 amide bonds. The van der Waals surface area contributed by atoms with Gasteiger partial charge in [-0.05, 0) is 48.6 Å². The zero-order valence-electron chi connectivity index (χ0n) is 11.2. The highest BCUT2D eigenvalue weighted by molar-refractivity contribution is 5.42. The van der Waals surface area contributed by atoms with Crippen molar-refractivity contribution in [3.63, 3.8) is 0 Å². The van der Waals surface area contributed by atoms with Crippen molar-refractivity contribution >= 4 is 0 Å². The molecular formula is C16H20N2. The Morgan fingerprint density at radius 3 is 2.11 bits per heavy atom. The van der Waals surface area contributed by atoms with E-state index in [0.29, 0.717) is 0 Å². The maximum absolute atomic E-state index is 5.77. The van der Waals surface area contributed by atoms with Crippen molar-refractivity contribution < 1.29 is 0 Å². The molecule has 0 saturated heterocycles. The molecule has 18 heavy (non-hydrogen) atoms. The van der Waals surface area contributed by atoms with Crippen LogP contribution in [0.1, 0.15) is 33.9 Å². The molecule has 0 bridgehead atoms. The van der Waals surface area contributed by atoms with Crippen LogP contribution in [0.5, 0.6) is 0 Å². The van der Waals surface area contributed by atoms with Crippen molar-refractivity contribution in [2.75, 3.05) is 0 Å². The van der Waals surface area contributed by atoms with Gasteiger partial charge in [-0.1, -0.05) is 42.5 Å². The van der Waals surface area contributed by atoms with Crippen molar-refractivity contribution in [1.29, 1.82) is 0 Å². The third-order valence-electron chi connectivity index (χ3n) is 3.62. The van der Waals surface area contributed by atoms with Gasteiger partial charge in [-0.2, -0.15) is 0 Å². The monoisotopic (exact) mass is 240 g/mol. The molecule has 94 valence electrons. The number of rotatable bonds is 3. The molecule has 0 aromatic heterocycles. The fraction of sp³-hybridized carbons (Fsp3) is 0.250. The molecule has 0 saturated carbocycles. The SMILES string of the molecule is Cc1ccccc1C(NN)c1cccc(C)c1C. The van der Waals surface area contributed by atoms with Gasteiger partial charge in [0.25, 0.3) is 0 Å². The highest BCUT2D eigenvalue weighted by Crippen LogP contribution is 2.27. The molecule has 1 atom stereocenters. The number of aryl methyl sites for hydroxylation is 2. The molecule has 2 nitrogen and oxygen atoms in total. The van der Waals surface area contributed by atoms with Crippen LogP contribution >= 0.6 is 0 Å². The minimum atomic E-state index is 0.0473. The van der Waals surface area contributed by atoms with E-state index in [1.807, 2.05) is 0 Å². The molecule has 3 N–H and O–H groups in total. The Bertz CT molecular complexity index is 547. The summed E-state index contributed by atoms with van der Waals surface area (Å²) in [7, 11) is 0. The predicted molar refractivity (Wildman–Crippen MR) is 76.3 cm³/mol. The van der Waals surface area contributed by atoms with Gasteiger partial charge in [0.2, 0.25) is 0 Å². The fourth-order valence-corrected chi connectivity index (χ4v) is 2.34. The molecule has 1 unspecified atom stereocenters. The van der Waals surface area contributed by atoms with Crippen LogP contribution in [0.3, 0.4) is 0 Å². The standard InChI is InChI=1S/C16H20N2/c1-11-8-6-10-15(13(11)3)16(18-17)14-9-5-4-7-12(14)2/h4-10,16,18H,17H2,1-3H3. The summed E-state index contributed by atoms with van der Waals surface area (Å²) in [6.45, 7) is 6.39. The van der Waals surface area contributed by atoms with E-state index in [9.17, 15) is 0 Å². The van der Waals surface area contributed by atoms with E-state index in [1.54, 1.807) is 0 Å². The van der Waals surface area contributed by atoms with Crippen LogP contribution in [0.15, 0.2) is 42.5 Å². The van der Waals surface area contributed by atoms with E-state index in [4.69, 9.17) is 5.84 Å². The van der Waals surface area contributed by atoms with Crippen molar-refractivity contribution in [3.8, 4) is 0 Å². The van der Waals surface area contributed by atoms with Gasteiger partial charge in [0.15, 0.2) is 0 Å². The Labute approximate surface area is 109 Å². The number of hydrogen-bond acceptors (Lipinski definition) is 2. The first-order valence-corrected chi connectivity index (χ1v) is 6.23. The fourth-order valence-electron chi connectivity index (χ4n) is 2.34. The second-order valence-corrected chi connectivity index (χ2v) is 4.75. The number of nitrogens with two attached hydrogens (primary N) is 1.